The van der Waals surface area contributed by atoms with E-state index in [4.69, 9.17) is 4.99 Å². The van der Waals surface area contributed by atoms with Gasteiger partial charge in [-0.15, -0.1) is 0 Å². The molecule has 1 aromatic carbocycles. The minimum absolute atomic E-state index is 0.0991. The van der Waals surface area contributed by atoms with Crippen molar-refractivity contribution in [2.75, 3.05) is 18.8 Å². The molecule has 1 aliphatic rings. The molecule has 1 N–H and O–H groups in total. The summed E-state index contributed by atoms with van der Waals surface area (Å²) in [4.78, 5) is 7.02. The van der Waals surface area contributed by atoms with Gasteiger partial charge in [-0.3, -0.25) is 0 Å². The molecule has 21 heavy (non-hydrogen) atoms. The summed E-state index contributed by atoms with van der Waals surface area (Å²) in [5, 5.41) is 11.3. The van der Waals surface area contributed by atoms with Crippen LogP contribution < -0.4 is 0 Å². The number of rotatable bonds is 3. The smallest absolute Gasteiger partial charge is 0.164 e. The molecule has 116 valence electrons. The van der Waals surface area contributed by atoms with E-state index >= 15 is 0 Å². The third-order valence-electron chi connectivity index (χ3n) is 3.82. The van der Waals surface area contributed by atoms with E-state index in [2.05, 4.69) is 57.7 Å². The molecule has 0 aliphatic carbocycles. The normalized spacial score (nSPS) is 19.3. The van der Waals surface area contributed by atoms with Gasteiger partial charge in [0.15, 0.2) is 5.17 Å². The molecule has 1 heterocycles. The molecule has 0 radical (unpaired) electrons. The van der Waals surface area contributed by atoms with Crippen molar-refractivity contribution in [1.82, 2.24) is 4.90 Å². The maximum Gasteiger partial charge on any atom is 0.164 e. The molecule has 4 heteroatoms. The van der Waals surface area contributed by atoms with Gasteiger partial charge >= 0.3 is 0 Å². The van der Waals surface area contributed by atoms with Crippen LogP contribution in [-0.2, 0) is 0 Å². The van der Waals surface area contributed by atoms with E-state index in [1.165, 1.54) is 11.1 Å². The SMILES string of the molecule is Cc1ccc(N=C2SCCN2CC(O)C(C)(C)C)c(C)c1. The Hall–Kier alpha value is -1.00. The molecule has 1 saturated heterocycles. The van der Waals surface area contributed by atoms with E-state index in [9.17, 15) is 5.11 Å². The topological polar surface area (TPSA) is 35.8 Å². The van der Waals surface area contributed by atoms with Gasteiger partial charge in [0.1, 0.15) is 0 Å². The van der Waals surface area contributed by atoms with Crippen LogP contribution in [0.2, 0.25) is 0 Å². The fourth-order valence-corrected chi connectivity index (χ4v) is 3.23. The van der Waals surface area contributed by atoms with Crippen molar-refractivity contribution in [2.45, 2.75) is 40.7 Å². The summed E-state index contributed by atoms with van der Waals surface area (Å²) in [6.07, 6.45) is -0.347. The number of nitrogens with zero attached hydrogens (tertiary/aromatic N) is 2. The number of thioether (sulfide) groups is 1. The predicted molar refractivity (Wildman–Crippen MR) is 92.5 cm³/mol. The lowest BCUT2D eigenvalue weighted by Gasteiger charge is -2.30. The first kappa shape index (κ1) is 16.4. The number of aliphatic imine (C=N–C) groups is 1. The lowest BCUT2D eigenvalue weighted by atomic mass is 9.89. The highest BCUT2D eigenvalue weighted by atomic mass is 32.2. The Balaban J connectivity index is 2.16. The molecule has 1 atom stereocenters. The lowest BCUT2D eigenvalue weighted by molar-refractivity contribution is 0.0464. The summed E-state index contributed by atoms with van der Waals surface area (Å²) in [7, 11) is 0. The summed E-state index contributed by atoms with van der Waals surface area (Å²) in [5.41, 5.74) is 3.39. The third kappa shape index (κ3) is 4.24. The average Bonchev–Trinajstić information content (AvgIpc) is 2.79. The van der Waals surface area contributed by atoms with Crippen molar-refractivity contribution >= 4 is 22.6 Å². The van der Waals surface area contributed by atoms with Crippen LogP contribution >= 0.6 is 11.8 Å². The Morgan fingerprint density at radius 2 is 2.05 bits per heavy atom. The van der Waals surface area contributed by atoms with Crippen molar-refractivity contribution in [2.24, 2.45) is 10.4 Å². The summed E-state index contributed by atoms with van der Waals surface area (Å²) in [6.45, 7) is 12.0. The van der Waals surface area contributed by atoms with E-state index < -0.39 is 0 Å². The summed E-state index contributed by atoms with van der Waals surface area (Å²) in [6, 6.07) is 6.34. The molecule has 0 spiro atoms. The fourth-order valence-electron chi connectivity index (χ4n) is 2.22. The molecule has 1 aromatic rings. The third-order valence-corrected chi connectivity index (χ3v) is 4.82. The predicted octanol–water partition coefficient (Wildman–Crippen LogP) is 3.75. The zero-order valence-corrected chi connectivity index (χ0v) is 14.5. The Morgan fingerprint density at radius 1 is 1.33 bits per heavy atom. The number of aliphatic hydroxyl groups is 1. The van der Waals surface area contributed by atoms with Crippen LogP contribution in [-0.4, -0.2) is 40.1 Å². The van der Waals surface area contributed by atoms with Gasteiger partial charge in [-0.1, -0.05) is 50.2 Å². The number of aliphatic hydroxyl groups excluding tert-OH is 1. The first-order valence-corrected chi connectivity index (χ1v) is 8.47. The number of benzene rings is 1. The minimum atomic E-state index is -0.347. The molecule has 3 nitrogen and oxygen atoms in total. The number of β-amino-alcohol motifs (C(OH)–C–C–N with tert-alkyl or cyclic N) is 1. The van der Waals surface area contributed by atoms with Gasteiger partial charge < -0.3 is 10.0 Å². The summed E-state index contributed by atoms with van der Waals surface area (Å²) >= 11 is 1.78. The zero-order valence-electron chi connectivity index (χ0n) is 13.7. The minimum Gasteiger partial charge on any atom is -0.391 e. The van der Waals surface area contributed by atoms with Crippen LogP contribution in [0.15, 0.2) is 23.2 Å². The number of hydrogen-bond donors (Lipinski definition) is 1. The molecule has 1 unspecified atom stereocenters. The van der Waals surface area contributed by atoms with Crippen molar-refractivity contribution in [3.63, 3.8) is 0 Å². The summed E-state index contributed by atoms with van der Waals surface area (Å²) in [5.74, 6) is 1.04. The molecule has 0 amide bonds. The second kappa shape index (κ2) is 6.41. The van der Waals surface area contributed by atoms with Crippen LogP contribution in [0.3, 0.4) is 0 Å². The number of amidine groups is 1. The van der Waals surface area contributed by atoms with E-state index in [0.29, 0.717) is 6.54 Å². The monoisotopic (exact) mass is 306 g/mol. The molecule has 0 aromatic heterocycles. The largest absolute Gasteiger partial charge is 0.391 e. The highest BCUT2D eigenvalue weighted by Gasteiger charge is 2.28. The molecule has 2 rings (SSSR count). The first-order chi connectivity index (χ1) is 9.77. The van der Waals surface area contributed by atoms with Crippen molar-refractivity contribution < 1.29 is 5.11 Å². The maximum absolute atomic E-state index is 10.3. The van der Waals surface area contributed by atoms with Crippen molar-refractivity contribution in [3.8, 4) is 0 Å². The van der Waals surface area contributed by atoms with Gasteiger partial charge in [-0.25, -0.2) is 4.99 Å². The van der Waals surface area contributed by atoms with E-state index in [1.54, 1.807) is 11.8 Å². The highest BCUT2D eigenvalue weighted by Crippen LogP contribution is 2.28. The average molecular weight is 306 g/mol. The second-order valence-electron chi connectivity index (χ2n) is 6.86. The van der Waals surface area contributed by atoms with Crippen LogP contribution in [0.5, 0.6) is 0 Å². The molecular formula is C17H26N2OS. The molecular weight excluding hydrogens is 280 g/mol. The number of hydrogen-bond acceptors (Lipinski definition) is 3. The van der Waals surface area contributed by atoms with Crippen molar-refractivity contribution in [1.29, 1.82) is 0 Å². The van der Waals surface area contributed by atoms with Crippen LogP contribution in [0.25, 0.3) is 0 Å². The molecule has 1 fully saturated rings. The van der Waals surface area contributed by atoms with Gasteiger partial charge in [-0.05, 0) is 30.9 Å². The molecule has 0 bridgehead atoms. The Kier molecular flexibility index (Phi) is 4.99. The van der Waals surface area contributed by atoms with Crippen molar-refractivity contribution in [3.05, 3.63) is 29.3 Å². The standard InChI is InChI=1S/C17H26N2OS/c1-12-6-7-14(13(2)10-12)18-16-19(8-9-21-16)11-15(20)17(3,4)5/h6-7,10,15,20H,8-9,11H2,1-5H3. The second-order valence-corrected chi connectivity index (χ2v) is 7.92. The van der Waals surface area contributed by atoms with Gasteiger partial charge in [0.2, 0.25) is 0 Å². The van der Waals surface area contributed by atoms with Crippen LogP contribution in [0, 0.1) is 19.3 Å². The van der Waals surface area contributed by atoms with Crippen LogP contribution in [0.1, 0.15) is 31.9 Å². The van der Waals surface area contributed by atoms with Gasteiger partial charge in [0.05, 0.1) is 11.8 Å². The van der Waals surface area contributed by atoms with Gasteiger partial charge in [-0.2, -0.15) is 0 Å². The highest BCUT2D eigenvalue weighted by molar-refractivity contribution is 8.14. The van der Waals surface area contributed by atoms with Crippen LogP contribution in [0.4, 0.5) is 5.69 Å². The lowest BCUT2D eigenvalue weighted by Crippen LogP contribution is -2.39. The Morgan fingerprint density at radius 3 is 2.67 bits per heavy atom. The quantitative estimate of drug-likeness (QED) is 0.924. The number of aryl methyl sites for hydroxylation is 2. The summed E-state index contributed by atoms with van der Waals surface area (Å²) < 4.78 is 0. The van der Waals surface area contributed by atoms with Gasteiger partial charge in [0.25, 0.3) is 0 Å². The molecule has 0 saturated carbocycles. The van der Waals surface area contributed by atoms with E-state index in [0.717, 1.165) is 23.2 Å². The van der Waals surface area contributed by atoms with E-state index in [-0.39, 0.29) is 11.5 Å². The zero-order chi connectivity index (χ0) is 15.6. The van der Waals surface area contributed by atoms with E-state index in [1.807, 2.05) is 0 Å². The maximum atomic E-state index is 10.3. The fraction of sp³-hybridized carbons (Fsp3) is 0.588. The first-order valence-electron chi connectivity index (χ1n) is 7.49. The Labute approximate surface area is 132 Å². The van der Waals surface area contributed by atoms with Gasteiger partial charge in [0, 0.05) is 18.8 Å². The Bertz CT molecular complexity index is 534. The molecule has 1 aliphatic heterocycles.